The predicted molar refractivity (Wildman–Crippen MR) is 157 cm³/mol. The van der Waals surface area contributed by atoms with E-state index in [0.29, 0.717) is 27.7 Å². The van der Waals surface area contributed by atoms with Crippen molar-refractivity contribution in [2.45, 2.75) is 57.6 Å². The first-order valence-electron chi connectivity index (χ1n) is 12.6. The fraction of sp³-hybridized carbons (Fsp3) is 0.310. The van der Waals surface area contributed by atoms with Crippen LogP contribution in [-0.4, -0.2) is 43.8 Å². The van der Waals surface area contributed by atoms with Crippen LogP contribution < -0.4 is 9.62 Å². The molecule has 10 heteroatoms. The fourth-order valence-corrected chi connectivity index (χ4v) is 6.05. The van der Waals surface area contributed by atoms with Crippen LogP contribution >= 0.6 is 23.2 Å². The molecule has 0 radical (unpaired) electrons. The first-order valence-corrected chi connectivity index (χ1v) is 14.8. The summed E-state index contributed by atoms with van der Waals surface area (Å²) in [7, 11) is -4.13. The smallest absolute Gasteiger partial charge is 0.264 e. The summed E-state index contributed by atoms with van der Waals surface area (Å²) in [6.45, 7) is 6.69. The lowest BCUT2D eigenvalue weighted by Crippen LogP contribution is -2.53. The number of anilines is 1. The number of nitrogens with zero attached hydrogens (tertiary/aromatic N) is 2. The number of amides is 2. The molecule has 3 rings (SSSR count). The monoisotopic (exact) mass is 589 g/mol. The molecule has 0 saturated heterocycles. The third kappa shape index (κ3) is 7.53. The molecule has 0 spiro atoms. The number of hydrogen-bond donors (Lipinski definition) is 1. The Bertz CT molecular complexity index is 1380. The quantitative estimate of drug-likeness (QED) is 0.305. The average molecular weight is 591 g/mol. The molecule has 0 fully saturated rings. The van der Waals surface area contributed by atoms with Gasteiger partial charge in [0.2, 0.25) is 11.8 Å². The molecule has 1 atom stereocenters. The van der Waals surface area contributed by atoms with Crippen molar-refractivity contribution in [3.63, 3.8) is 0 Å². The zero-order valence-electron chi connectivity index (χ0n) is 22.4. The van der Waals surface area contributed by atoms with Crippen molar-refractivity contribution in [2.75, 3.05) is 10.8 Å². The van der Waals surface area contributed by atoms with E-state index in [9.17, 15) is 18.0 Å². The van der Waals surface area contributed by atoms with Gasteiger partial charge in [-0.25, -0.2) is 8.42 Å². The second-order valence-corrected chi connectivity index (χ2v) is 12.1. The SMILES string of the molecule is CC[C@H](C(=O)NC(C)C)N(Cc1c(Cl)cccc1Cl)C(=O)CN(c1ccccc1)S(=O)(=O)c1ccc(C)cc1. The van der Waals surface area contributed by atoms with E-state index in [-0.39, 0.29) is 23.4 Å². The van der Waals surface area contributed by atoms with Gasteiger partial charge in [0.25, 0.3) is 10.0 Å². The summed E-state index contributed by atoms with van der Waals surface area (Å²) < 4.78 is 28.7. The number of rotatable bonds is 11. The van der Waals surface area contributed by atoms with Crippen LogP contribution in [0.5, 0.6) is 0 Å². The van der Waals surface area contributed by atoms with Crippen LogP contribution in [0.15, 0.2) is 77.7 Å². The van der Waals surface area contributed by atoms with E-state index in [4.69, 9.17) is 23.2 Å². The van der Waals surface area contributed by atoms with Gasteiger partial charge in [-0.05, 0) is 63.6 Å². The molecule has 0 aromatic heterocycles. The van der Waals surface area contributed by atoms with Crippen LogP contribution in [0.1, 0.15) is 38.3 Å². The van der Waals surface area contributed by atoms with Gasteiger partial charge < -0.3 is 10.2 Å². The molecule has 3 aromatic carbocycles. The Hall–Kier alpha value is -3.07. The van der Waals surface area contributed by atoms with E-state index >= 15 is 0 Å². The molecule has 0 aliphatic rings. The second-order valence-electron chi connectivity index (χ2n) is 9.47. The lowest BCUT2D eigenvalue weighted by atomic mass is 10.1. The van der Waals surface area contributed by atoms with Gasteiger partial charge in [0, 0.05) is 28.2 Å². The molecular formula is C29H33Cl2N3O4S. The number of para-hydroxylation sites is 1. The van der Waals surface area contributed by atoms with E-state index in [0.717, 1.165) is 9.87 Å². The third-order valence-electron chi connectivity index (χ3n) is 6.14. The molecule has 3 aromatic rings. The summed E-state index contributed by atoms with van der Waals surface area (Å²) >= 11 is 12.9. The van der Waals surface area contributed by atoms with E-state index in [1.807, 2.05) is 20.8 Å². The van der Waals surface area contributed by atoms with Crippen LogP contribution in [-0.2, 0) is 26.2 Å². The number of carbonyl (C=O) groups is 2. The Morgan fingerprint density at radius 1 is 0.897 bits per heavy atom. The summed E-state index contributed by atoms with van der Waals surface area (Å²) in [5.74, 6) is -0.923. The summed E-state index contributed by atoms with van der Waals surface area (Å²) in [5, 5.41) is 3.54. The maximum absolute atomic E-state index is 14.0. The van der Waals surface area contributed by atoms with E-state index in [1.165, 1.54) is 17.0 Å². The highest BCUT2D eigenvalue weighted by molar-refractivity contribution is 7.92. The van der Waals surface area contributed by atoms with Crippen LogP contribution in [0.3, 0.4) is 0 Å². The number of aryl methyl sites for hydroxylation is 1. The second kappa shape index (κ2) is 13.3. The number of sulfonamides is 1. The minimum absolute atomic E-state index is 0.0510. The highest BCUT2D eigenvalue weighted by atomic mass is 35.5. The number of nitrogens with one attached hydrogen (secondary N) is 1. The highest BCUT2D eigenvalue weighted by Gasteiger charge is 2.34. The largest absolute Gasteiger partial charge is 0.352 e. The Kier molecular flexibility index (Phi) is 10.4. The van der Waals surface area contributed by atoms with Crippen LogP contribution in [0.2, 0.25) is 10.0 Å². The number of benzene rings is 3. The number of hydrogen-bond acceptors (Lipinski definition) is 4. The van der Waals surface area contributed by atoms with Gasteiger partial charge >= 0.3 is 0 Å². The predicted octanol–water partition coefficient (Wildman–Crippen LogP) is 5.83. The molecule has 1 N–H and O–H groups in total. The van der Waals surface area contributed by atoms with Gasteiger partial charge in [0.15, 0.2) is 0 Å². The van der Waals surface area contributed by atoms with Gasteiger partial charge in [-0.3, -0.25) is 13.9 Å². The molecule has 7 nitrogen and oxygen atoms in total. The maximum atomic E-state index is 14.0. The topological polar surface area (TPSA) is 86.8 Å². The number of halogens is 2. The maximum Gasteiger partial charge on any atom is 0.264 e. The van der Waals surface area contributed by atoms with Crippen molar-refractivity contribution >= 4 is 50.7 Å². The summed E-state index contributed by atoms with van der Waals surface area (Å²) in [4.78, 5) is 28.6. The summed E-state index contributed by atoms with van der Waals surface area (Å²) in [6, 6.07) is 18.8. The van der Waals surface area contributed by atoms with Crippen LogP contribution in [0.25, 0.3) is 0 Å². The molecule has 208 valence electrons. The van der Waals surface area contributed by atoms with Crippen molar-refractivity contribution in [1.82, 2.24) is 10.2 Å². The van der Waals surface area contributed by atoms with E-state index < -0.39 is 28.5 Å². The lowest BCUT2D eigenvalue weighted by molar-refractivity contribution is -0.140. The van der Waals surface area contributed by atoms with Gasteiger partial charge in [-0.15, -0.1) is 0 Å². The van der Waals surface area contributed by atoms with E-state index in [2.05, 4.69) is 5.32 Å². The summed E-state index contributed by atoms with van der Waals surface area (Å²) in [5.41, 5.74) is 1.69. The first-order chi connectivity index (χ1) is 18.4. The third-order valence-corrected chi connectivity index (χ3v) is 8.64. The van der Waals surface area contributed by atoms with Crippen LogP contribution in [0.4, 0.5) is 5.69 Å². The first kappa shape index (κ1) is 30.5. The molecular weight excluding hydrogens is 557 g/mol. The van der Waals surface area contributed by atoms with Gasteiger partial charge in [-0.1, -0.05) is 72.1 Å². The highest BCUT2D eigenvalue weighted by Crippen LogP contribution is 2.28. The molecule has 0 heterocycles. The number of carbonyl (C=O) groups excluding carboxylic acids is 2. The Labute approximate surface area is 240 Å². The minimum Gasteiger partial charge on any atom is -0.352 e. The van der Waals surface area contributed by atoms with Gasteiger partial charge in [-0.2, -0.15) is 0 Å². The lowest BCUT2D eigenvalue weighted by Gasteiger charge is -2.34. The van der Waals surface area contributed by atoms with Crippen molar-refractivity contribution in [3.8, 4) is 0 Å². The molecule has 0 saturated carbocycles. The molecule has 0 aliphatic heterocycles. The van der Waals surface area contributed by atoms with Crippen molar-refractivity contribution in [3.05, 3.63) is 94.0 Å². The average Bonchev–Trinajstić information content (AvgIpc) is 2.89. The molecule has 39 heavy (non-hydrogen) atoms. The van der Waals surface area contributed by atoms with Crippen molar-refractivity contribution in [1.29, 1.82) is 0 Å². The van der Waals surface area contributed by atoms with E-state index in [1.54, 1.807) is 67.6 Å². The Balaban J connectivity index is 2.08. The molecule has 0 unspecified atom stereocenters. The minimum atomic E-state index is -4.13. The zero-order valence-corrected chi connectivity index (χ0v) is 24.7. The van der Waals surface area contributed by atoms with Gasteiger partial charge in [0.05, 0.1) is 10.6 Å². The van der Waals surface area contributed by atoms with Crippen molar-refractivity contribution in [2.24, 2.45) is 0 Å². The standard InChI is InChI=1S/C29H33Cl2N3O4S/c1-5-27(29(36)32-20(2)3)33(18-24-25(30)12-9-13-26(24)31)28(35)19-34(22-10-7-6-8-11-22)39(37,38)23-16-14-21(4)15-17-23/h6-17,20,27H,5,18-19H2,1-4H3,(H,32,36)/t27-/m1/s1. The normalized spacial score (nSPS) is 12.2. The molecule has 2 amide bonds. The Morgan fingerprint density at radius 3 is 2.03 bits per heavy atom. The zero-order chi connectivity index (χ0) is 28.7. The van der Waals surface area contributed by atoms with Crippen molar-refractivity contribution < 1.29 is 18.0 Å². The van der Waals surface area contributed by atoms with Crippen LogP contribution in [0, 0.1) is 6.92 Å². The molecule has 0 aliphatic carbocycles. The Morgan fingerprint density at radius 2 is 1.49 bits per heavy atom. The summed E-state index contributed by atoms with van der Waals surface area (Å²) in [6.07, 6.45) is 0.294. The van der Waals surface area contributed by atoms with Gasteiger partial charge in [0.1, 0.15) is 12.6 Å². The molecule has 0 bridgehead atoms. The fourth-order valence-electron chi connectivity index (χ4n) is 4.11.